The van der Waals surface area contributed by atoms with Gasteiger partial charge in [-0.2, -0.15) is 0 Å². The molecule has 0 aliphatic heterocycles. The van der Waals surface area contributed by atoms with E-state index in [0.717, 1.165) is 5.56 Å². The lowest BCUT2D eigenvalue weighted by molar-refractivity contribution is -0.127. The highest BCUT2D eigenvalue weighted by atomic mass is 32.2. The normalized spacial score (nSPS) is 12.3. The number of ether oxygens (including phenoxy) is 2. The van der Waals surface area contributed by atoms with E-state index in [4.69, 9.17) is 9.47 Å². The van der Waals surface area contributed by atoms with E-state index in [1.165, 1.54) is 0 Å². The maximum Gasteiger partial charge on any atom is 0.178 e. The van der Waals surface area contributed by atoms with Crippen LogP contribution in [0.2, 0.25) is 0 Å². The predicted molar refractivity (Wildman–Crippen MR) is 98.6 cm³/mol. The molecule has 0 spiro atoms. The van der Waals surface area contributed by atoms with Gasteiger partial charge in [0.15, 0.2) is 9.84 Å². The standard InChI is InChI=1S/C19H30O5S/c1-16-7-5-8-17(15-16)25(21,22)14-6-10-23-12-13-24-11-9-18(20)19(2,3)4/h5,7-8,15H,6,9-14H2,1-4H3. The van der Waals surface area contributed by atoms with Gasteiger partial charge < -0.3 is 9.47 Å². The minimum Gasteiger partial charge on any atom is -0.379 e. The van der Waals surface area contributed by atoms with E-state index in [2.05, 4.69) is 0 Å². The van der Waals surface area contributed by atoms with Gasteiger partial charge in [-0.3, -0.25) is 4.79 Å². The molecular weight excluding hydrogens is 340 g/mol. The lowest BCUT2D eigenvalue weighted by Gasteiger charge is -2.16. The highest BCUT2D eigenvalue weighted by Crippen LogP contribution is 2.16. The van der Waals surface area contributed by atoms with E-state index in [-0.39, 0.29) is 17.0 Å². The number of aryl methyl sites for hydroxylation is 1. The SMILES string of the molecule is Cc1cccc(S(=O)(=O)CCCOCCOCCC(=O)C(C)(C)C)c1. The van der Waals surface area contributed by atoms with Crippen LogP contribution in [0.25, 0.3) is 0 Å². The van der Waals surface area contributed by atoms with Crippen molar-refractivity contribution in [2.45, 2.75) is 45.4 Å². The summed E-state index contributed by atoms with van der Waals surface area (Å²) in [4.78, 5) is 12.1. The van der Waals surface area contributed by atoms with E-state index >= 15 is 0 Å². The molecule has 0 unspecified atom stereocenters. The van der Waals surface area contributed by atoms with Crippen molar-refractivity contribution in [1.82, 2.24) is 0 Å². The third-order valence-electron chi connectivity index (χ3n) is 3.73. The second-order valence-electron chi connectivity index (χ2n) is 7.14. The molecular formula is C19H30O5S. The van der Waals surface area contributed by atoms with Gasteiger partial charge in [0, 0.05) is 18.4 Å². The molecule has 142 valence electrons. The molecule has 0 N–H and O–H groups in total. The number of hydrogen-bond donors (Lipinski definition) is 0. The number of benzene rings is 1. The van der Waals surface area contributed by atoms with Crippen molar-refractivity contribution in [3.05, 3.63) is 29.8 Å². The average Bonchev–Trinajstić information content (AvgIpc) is 2.52. The highest BCUT2D eigenvalue weighted by molar-refractivity contribution is 7.91. The fourth-order valence-corrected chi connectivity index (χ4v) is 3.52. The summed E-state index contributed by atoms with van der Waals surface area (Å²) in [7, 11) is -3.26. The van der Waals surface area contributed by atoms with Crippen LogP contribution in [-0.4, -0.2) is 46.4 Å². The van der Waals surface area contributed by atoms with Crippen LogP contribution in [0, 0.1) is 12.3 Å². The van der Waals surface area contributed by atoms with E-state index in [0.29, 0.717) is 44.2 Å². The second-order valence-corrected chi connectivity index (χ2v) is 9.25. The summed E-state index contributed by atoms with van der Waals surface area (Å²) in [5, 5.41) is 0. The van der Waals surface area contributed by atoms with Crippen LogP contribution in [0.3, 0.4) is 0 Å². The van der Waals surface area contributed by atoms with Gasteiger partial charge in [0.2, 0.25) is 0 Å². The minimum absolute atomic E-state index is 0.0669. The zero-order chi connectivity index (χ0) is 18.9. The molecule has 0 aromatic heterocycles. The lowest BCUT2D eigenvalue weighted by atomic mass is 9.89. The van der Waals surface area contributed by atoms with Crippen LogP contribution in [0.4, 0.5) is 0 Å². The molecule has 5 nitrogen and oxygen atoms in total. The molecule has 6 heteroatoms. The number of rotatable bonds is 11. The zero-order valence-corrected chi connectivity index (χ0v) is 16.5. The van der Waals surface area contributed by atoms with Crippen molar-refractivity contribution in [2.75, 3.05) is 32.2 Å². The van der Waals surface area contributed by atoms with Crippen LogP contribution >= 0.6 is 0 Å². The van der Waals surface area contributed by atoms with E-state index in [1.807, 2.05) is 33.8 Å². The monoisotopic (exact) mass is 370 g/mol. The Balaban J connectivity index is 2.12. The fourth-order valence-electron chi connectivity index (χ4n) is 2.14. The summed E-state index contributed by atoms with van der Waals surface area (Å²) in [6.07, 6.45) is 0.844. The Labute approximate surface area is 151 Å². The molecule has 1 aromatic carbocycles. The molecule has 0 amide bonds. The van der Waals surface area contributed by atoms with Gasteiger partial charge >= 0.3 is 0 Å². The number of hydrogen-bond acceptors (Lipinski definition) is 5. The maximum absolute atomic E-state index is 12.2. The van der Waals surface area contributed by atoms with Gasteiger partial charge in [-0.1, -0.05) is 32.9 Å². The molecule has 0 atom stereocenters. The molecule has 0 saturated carbocycles. The van der Waals surface area contributed by atoms with Crippen LogP contribution in [0.5, 0.6) is 0 Å². The van der Waals surface area contributed by atoms with E-state index in [1.54, 1.807) is 18.2 Å². The number of Topliss-reactive ketones (excluding diaryl/α,β-unsaturated/α-hetero) is 1. The predicted octanol–water partition coefficient (Wildman–Crippen LogP) is 3.20. The molecule has 0 bridgehead atoms. The smallest absolute Gasteiger partial charge is 0.178 e. The largest absolute Gasteiger partial charge is 0.379 e. The van der Waals surface area contributed by atoms with Crippen molar-refractivity contribution in [3.63, 3.8) is 0 Å². The Hall–Kier alpha value is -1.24. The number of carbonyl (C=O) groups is 1. The van der Waals surface area contributed by atoms with Crippen LogP contribution in [-0.2, 0) is 24.1 Å². The van der Waals surface area contributed by atoms with Crippen molar-refractivity contribution >= 4 is 15.6 Å². The van der Waals surface area contributed by atoms with Gasteiger partial charge in [-0.25, -0.2) is 8.42 Å². The van der Waals surface area contributed by atoms with Gasteiger partial charge in [0.05, 0.1) is 30.5 Å². The Kier molecular flexibility index (Phi) is 8.76. The number of sulfone groups is 1. The zero-order valence-electron chi connectivity index (χ0n) is 15.7. The first kappa shape index (κ1) is 21.8. The quantitative estimate of drug-likeness (QED) is 0.560. The molecule has 0 aliphatic rings. The van der Waals surface area contributed by atoms with Gasteiger partial charge in [0.25, 0.3) is 0 Å². The third-order valence-corrected chi connectivity index (χ3v) is 5.53. The molecule has 1 aromatic rings. The number of carbonyl (C=O) groups excluding carboxylic acids is 1. The van der Waals surface area contributed by atoms with Crippen LogP contribution in [0.15, 0.2) is 29.2 Å². The Morgan fingerprint density at radius 3 is 2.28 bits per heavy atom. The molecule has 0 saturated heterocycles. The Morgan fingerprint density at radius 2 is 1.68 bits per heavy atom. The van der Waals surface area contributed by atoms with E-state index in [9.17, 15) is 13.2 Å². The summed E-state index contributed by atoms with van der Waals surface area (Å²) in [5.74, 6) is 0.243. The van der Waals surface area contributed by atoms with Crippen molar-refractivity contribution in [2.24, 2.45) is 5.41 Å². The molecule has 0 heterocycles. The first-order valence-electron chi connectivity index (χ1n) is 8.61. The summed E-state index contributed by atoms with van der Waals surface area (Å²) in [5.41, 5.74) is 0.599. The first-order valence-corrected chi connectivity index (χ1v) is 10.3. The van der Waals surface area contributed by atoms with Crippen molar-refractivity contribution < 1.29 is 22.7 Å². The van der Waals surface area contributed by atoms with E-state index < -0.39 is 9.84 Å². The maximum atomic E-state index is 12.2. The molecule has 25 heavy (non-hydrogen) atoms. The molecule has 0 radical (unpaired) electrons. The average molecular weight is 371 g/mol. The molecule has 0 aliphatic carbocycles. The number of ketones is 1. The Morgan fingerprint density at radius 1 is 1.04 bits per heavy atom. The topological polar surface area (TPSA) is 69.7 Å². The second kappa shape index (κ2) is 10.0. The third kappa shape index (κ3) is 8.61. The summed E-state index contributed by atoms with van der Waals surface area (Å²) < 4.78 is 35.1. The van der Waals surface area contributed by atoms with Gasteiger partial charge in [-0.05, 0) is 31.0 Å². The Bertz CT molecular complexity index is 644. The fraction of sp³-hybridized carbons (Fsp3) is 0.632. The summed E-state index contributed by atoms with van der Waals surface area (Å²) in [6, 6.07) is 6.93. The molecule has 1 rings (SSSR count). The lowest BCUT2D eigenvalue weighted by Crippen LogP contribution is -2.21. The van der Waals surface area contributed by atoms with Gasteiger partial charge in [0.1, 0.15) is 5.78 Å². The highest BCUT2D eigenvalue weighted by Gasteiger charge is 2.20. The van der Waals surface area contributed by atoms with Crippen LogP contribution < -0.4 is 0 Å². The summed E-state index contributed by atoms with van der Waals surface area (Å²) >= 11 is 0. The summed E-state index contributed by atoms with van der Waals surface area (Å²) in [6.45, 7) is 9.11. The van der Waals surface area contributed by atoms with Crippen LogP contribution in [0.1, 0.15) is 39.2 Å². The van der Waals surface area contributed by atoms with Crippen molar-refractivity contribution in [1.29, 1.82) is 0 Å². The minimum atomic E-state index is -3.26. The first-order chi connectivity index (χ1) is 11.6. The van der Waals surface area contributed by atoms with Gasteiger partial charge in [-0.15, -0.1) is 0 Å². The molecule has 0 fully saturated rings. The van der Waals surface area contributed by atoms with Crippen molar-refractivity contribution in [3.8, 4) is 0 Å².